The molecule has 1 aromatic heterocycles. The van der Waals surface area contributed by atoms with Crippen molar-refractivity contribution < 1.29 is 9.31 Å². The number of hydrogen-bond donors (Lipinski definition) is 1. The van der Waals surface area contributed by atoms with Crippen molar-refractivity contribution in [3.63, 3.8) is 0 Å². The zero-order valence-corrected chi connectivity index (χ0v) is 11.0. The summed E-state index contributed by atoms with van der Waals surface area (Å²) in [6, 6.07) is 0. The third-order valence-corrected chi connectivity index (χ3v) is 3.65. The monoisotopic (exact) mass is 238 g/mol. The minimum atomic E-state index is -0.587. The minimum absolute atomic E-state index is 0.148. The lowest BCUT2D eigenvalue weighted by molar-refractivity contribution is 0.00578. The van der Waals surface area contributed by atoms with Crippen LogP contribution in [-0.4, -0.2) is 28.1 Å². The van der Waals surface area contributed by atoms with Crippen LogP contribution in [0.15, 0.2) is 11.0 Å². The molecule has 94 valence electrons. The van der Waals surface area contributed by atoms with Crippen LogP contribution in [0.1, 0.15) is 34.6 Å². The van der Waals surface area contributed by atoms with E-state index in [0.717, 1.165) is 6.54 Å². The molecule has 0 aliphatic carbocycles. The maximum Gasteiger partial charge on any atom is 0.502 e. The van der Waals surface area contributed by atoms with Gasteiger partial charge in [0.2, 0.25) is 0 Å². The zero-order valence-electron chi connectivity index (χ0n) is 11.0. The van der Waals surface area contributed by atoms with Crippen LogP contribution in [0, 0.1) is 0 Å². The van der Waals surface area contributed by atoms with E-state index in [1.165, 1.54) is 0 Å². The highest BCUT2D eigenvalue weighted by molar-refractivity contribution is 6.61. The third-order valence-electron chi connectivity index (χ3n) is 3.65. The van der Waals surface area contributed by atoms with E-state index in [1.54, 1.807) is 10.9 Å². The predicted octanol–water partition coefficient (Wildman–Crippen LogP) is 0.495. The summed E-state index contributed by atoms with van der Waals surface area (Å²) in [7, 11) is -0.587. The molecular formula is C11H19BN2O3. The maximum absolute atomic E-state index is 11.8. The number of aromatic amines is 1. The lowest BCUT2D eigenvalue weighted by atomic mass is 9.81. The molecule has 5 nitrogen and oxygen atoms in total. The van der Waals surface area contributed by atoms with Gasteiger partial charge >= 0.3 is 7.12 Å². The average molecular weight is 238 g/mol. The zero-order chi connectivity index (χ0) is 12.8. The van der Waals surface area contributed by atoms with E-state index < -0.39 is 18.3 Å². The van der Waals surface area contributed by atoms with Crippen LogP contribution in [0.5, 0.6) is 0 Å². The fourth-order valence-electron chi connectivity index (χ4n) is 1.76. The predicted molar refractivity (Wildman–Crippen MR) is 66.4 cm³/mol. The summed E-state index contributed by atoms with van der Waals surface area (Å²) in [5.41, 5.74) is -0.451. The van der Waals surface area contributed by atoms with Crippen LogP contribution in [0.4, 0.5) is 0 Å². The van der Waals surface area contributed by atoms with Gasteiger partial charge in [0.25, 0.3) is 5.56 Å². The van der Waals surface area contributed by atoms with Gasteiger partial charge in [-0.15, -0.1) is 0 Å². The molecule has 2 heterocycles. The number of rotatable bonds is 2. The molecule has 1 saturated heterocycles. The molecule has 1 aliphatic rings. The van der Waals surface area contributed by atoms with E-state index in [2.05, 4.69) is 5.10 Å². The molecule has 0 saturated carbocycles. The number of hydrogen-bond acceptors (Lipinski definition) is 3. The van der Waals surface area contributed by atoms with Crippen molar-refractivity contribution >= 4 is 12.6 Å². The van der Waals surface area contributed by atoms with E-state index in [4.69, 9.17) is 9.31 Å². The molecule has 6 heteroatoms. The van der Waals surface area contributed by atoms with Crippen LogP contribution in [0.25, 0.3) is 0 Å². The minimum Gasteiger partial charge on any atom is -0.399 e. The first-order valence-electron chi connectivity index (χ1n) is 5.92. The van der Waals surface area contributed by atoms with E-state index in [0.29, 0.717) is 5.46 Å². The van der Waals surface area contributed by atoms with E-state index in [1.807, 2.05) is 34.6 Å². The summed E-state index contributed by atoms with van der Waals surface area (Å²) in [5, 5.41) is 2.73. The molecule has 0 unspecified atom stereocenters. The lowest BCUT2D eigenvalue weighted by Crippen LogP contribution is -2.41. The van der Waals surface area contributed by atoms with Crippen LogP contribution in [0.2, 0.25) is 0 Å². The van der Waals surface area contributed by atoms with E-state index >= 15 is 0 Å². The van der Waals surface area contributed by atoms with Crippen LogP contribution < -0.4 is 11.0 Å². The molecule has 17 heavy (non-hydrogen) atoms. The van der Waals surface area contributed by atoms with Crippen molar-refractivity contribution in [2.45, 2.75) is 52.4 Å². The Morgan fingerprint density at radius 1 is 1.29 bits per heavy atom. The first-order chi connectivity index (χ1) is 7.77. The summed E-state index contributed by atoms with van der Waals surface area (Å²) in [6.07, 6.45) is 1.75. The highest BCUT2D eigenvalue weighted by Crippen LogP contribution is 2.36. The Morgan fingerprint density at radius 2 is 1.82 bits per heavy atom. The lowest BCUT2D eigenvalue weighted by Gasteiger charge is -2.32. The molecule has 0 radical (unpaired) electrons. The normalized spacial score (nSPS) is 22.1. The number of nitrogens with zero attached hydrogens (tertiary/aromatic N) is 1. The van der Waals surface area contributed by atoms with Crippen molar-refractivity contribution in [1.82, 2.24) is 9.78 Å². The van der Waals surface area contributed by atoms with Crippen LogP contribution in [0.3, 0.4) is 0 Å². The Bertz CT molecular complexity index is 459. The highest BCUT2D eigenvalue weighted by atomic mass is 16.7. The molecule has 0 atom stereocenters. The SMILES string of the molecule is CCn1cc(B2OC(C)(C)C(C)(C)O2)c(=O)[nH]1. The van der Waals surface area contributed by atoms with Gasteiger partial charge in [-0.25, -0.2) is 0 Å². The van der Waals surface area contributed by atoms with Gasteiger partial charge < -0.3 is 9.31 Å². The molecule has 0 amide bonds. The van der Waals surface area contributed by atoms with Crippen molar-refractivity contribution in [3.05, 3.63) is 16.6 Å². The quantitative estimate of drug-likeness (QED) is 0.763. The second-order valence-electron chi connectivity index (χ2n) is 5.40. The second kappa shape index (κ2) is 3.75. The molecule has 0 aromatic carbocycles. The Hall–Kier alpha value is -1.01. The molecular weight excluding hydrogens is 219 g/mol. The standard InChI is InChI=1S/C11H19BN2O3/c1-6-14-7-8(9(15)13-14)12-16-10(2,3)11(4,5)17-12/h7H,6H2,1-5H3,(H,13,15). The average Bonchev–Trinajstić information content (AvgIpc) is 2.66. The molecule has 1 aliphatic heterocycles. The summed E-state index contributed by atoms with van der Waals surface area (Å²) in [4.78, 5) is 11.8. The number of H-pyrrole nitrogens is 1. The summed E-state index contributed by atoms with van der Waals surface area (Å²) in [5.74, 6) is 0. The van der Waals surface area contributed by atoms with Crippen molar-refractivity contribution in [1.29, 1.82) is 0 Å². The Morgan fingerprint density at radius 3 is 2.24 bits per heavy atom. The van der Waals surface area contributed by atoms with Gasteiger partial charge in [0.05, 0.1) is 16.7 Å². The molecule has 2 rings (SSSR count). The molecule has 1 aromatic rings. The molecule has 1 N–H and O–H groups in total. The number of aryl methyl sites for hydroxylation is 1. The second-order valence-corrected chi connectivity index (χ2v) is 5.40. The van der Waals surface area contributed by atoms with Gasteiger partial charge in [0.1, 0.15) is 0 Å². The smallest absolute Gasteiger partial charge is 0.399 e. The van der Waals surface area contributed by atoms with Gasteiger partial charge in [0.15, 0.2) is 0 Å². The largest absolute Gasteiger partial charge is 0.502 e. The van der Waals surface area contributed by atoms with Gasteiger partial charge in [-0.3, -0.25) is 14.6 Å². The topological polar surface area (TPSA) is 56.2 Å². The summed E-state index contributed by atoms with van der Waals surface area (Å²) in [6.45, 7) is 10.6. The van der Waals surface area contributed by atoms with Gasteiger partial charge in [-0.2, -0.15) is 0 Å². The van der Waals surface area contributed by atoms with Crippen LogP contribution >= 0.6 is 0 Å². The molecule has 0 bridgehead atoms. The molecule has 0 spiro atoms. The number of aromatic nitrogens is 2. The number of nitrogens with one attached hydrogen (secondary N) is 1. The first-order valence-corrected chi connectivity index (χ1v) is 5.92. The Labute approximate surface area is 101 Å². The Balaban J connectivity index is 2.32. The van der Waals surface area contributed by atoms with E-state index in [9.17, 15) is 4.79 Å². The van der Waals surface area contributed by atoms with Gasteiger partial charge in [0, 0.05) is 12.7 Å². The van der Waals surface area contributed by atoms with Crippen molar-refractivity contribution in [3.8, 4) is 0 Å². The third kappa shape index (κ3) is 1.95. The fraction of sp³-hybridized carbons (Fsp3) is 0.727. The van der Waals surface area contributed by atoms with Gasteiger partial charge in [-0.05, 0) is 34.6 Å². The van der Waals surface area contributed by atoms with Gasteiger partial charge in [-0.1, -0.05) is 0 Å². The summed E-state index contributed by atoms with van der Waals surface area (Å²) < 4.78 is 13.4. The van der Waals surface area contributed by atoms with Crippen molar-refractivity contribution in [2.24, 2.45) is 0 Å². The molecule has 1 fully saturated rings. The van der Waals surface area contributed by atoms with Crippen molar-refractivity contribution in [2.75, 3.05) is 0 Å². The Kier molecular flexibility index (Phi) is 2.74. The van der Waals surface area contributed by atoms with Crippen LogP contribution in [-0.2, 0) is 15.9 Å². The summed E-state index contributed by atoms with van der Waals surface area (Å²) >= 11 is 0. The van der Waals surface area contributed by atoms with E-state index in [-0.39, 0.29) is 5.56 Å². The fourth-order valence-corrected chi connectivity index (χ4v) is 1.76. The first kappa shape index (κ1) is 12.5. The highest BCUT2D eigenvalue weighted by Gasteiger charge is 2.52. The maximum atomic E-state index is 11.8.